The van der Waals surface area contributed by atoms with Gasteiger partial charge >= 0.3 is 0 Å². The molecular formula is C21H19N5O3S. The Hall–Kier alpha value is -3.56. The van der Waals surface area contributed by atoms with Gasteiger partial charge in [-0.2, -0.15) is 0 Å². The molecule has 0 saturated carbocycles. The number of hydrogen-bond acceptors (Lipinski definition) is 5. The third-order valence-corrected chi connectivity index (χ3v) is 5.87. The van der Waals surface area contributed by atoms with Crippen LogP contribution in [0.4, 0.5) is 0 Å². The summed E-state index contributed by atoms with van der Waals surface area (Å²) in [6.45, 7) is 0.322. The molecule has 2 aromatic heterocycles. The lowest BCUT2D eigenvalue weighted by Crippen LogP contribution is -2.25. The SMILES string of the molecule is O=C(NCc1ccccn1)c1ccc(S(=O)(=O)NCc2nc3ccccc3[nH]2)cc1. The molecule has 0 aliphatic heterocycles. The molecule has 2 aromatic carbocycles. The molecular weight excluding hydrogens is 402 g/mol. The molecule has 30 heavy (non-hydrogen) atoms. The first-order valence-corrected chi connectivity index (χ1v) is 10.7. The number of nitrogens with one attached hydrogen (secondary N) is 3. The Kier molecular flexibility index (Phi) is 5.55. The van der Waals surface area contributed by atoms with E-state index in [0.29, 0.717) is 17.9 Å². The number of aromatic amines is 1. The summed E-state index contributed by atoms with van der Waals surface area (Å²) in [6, 6.07) is 18.7. The summed E-state index contributed by atoms with van der Waals surface area (Å²) in [6.07, 6.45) is 1.65. The first-order valence-electron chi connectivity index (χ1n) is 9.23. The topological polar surface area (TPSA) is 117 Å². The normalized spacial score (nSPS) is 11.5. The van der Waals surface area contributed by atoms with Crippen molar-refractivity contribution in [2.75, 3.05) is 0 Å². The van der Waals surface area contributed by atoms with Crippen LogP contribution in [0.25, 0.3) is 11.0 Å². The summed E-state index contributed by atoms with van der Waals surface area (Å²) in [7, 11) is -3.75. The van der Waals surface area contributed by atoms with Crippen LogP contribution in [0.15, 0.2) is 77.8 Å². The highest BCUT2D eigenvalue weighted by molar-refractivity contribution is 7.89. The number of amides is 1. The molecule has 0 bridgehead atoms. The number of imidazole rings is 1. The van der Waals surface area contributed by atoms with Crippen LogP contribution in [-0.2, 0) is 23.1 Å². The predicted molar refractivity (Wildman–Crippen MR) is 112 cm³/mol. The van der Waals surface area contributed by atoms with Crippen molar-refractivity contribution in [3.8, 4) is 0 Å². The van der Waals surface area contributed by atoms with Crippen molar-refractivity contribution in [3.05, 3.63) is 90.0 Å². The van der Waals surface area contributed by atoms with Crippen LogP contribution < -0.4 is 10.0 Å². The first-order chi connectivity index (χ1) is 14.5. The van der Waals surface area contributed by atoms with E-state index >= 15 is 0 Å². The number of nitrogens with zero attached hydrogens (tertiary/aromatic N) is 2. The lowest BCUT2D eigenvalue weighted by atomic mass is 10.2. The highest BCUT2D eigenvalue weighted by atomic mass is 32.2. The maximum Gasteiger partial charge on any atom is 0.251 e. The minimum Gasteiger partial charge on any atom is -0.346 e. The number of hydrogen-bond donors (Lipinski definition) is 3. The van der Waals surface area contributed by atoms with Crippen molar-refractivity contribution in [2.24, 2.45) is 0 Å². The van der Waals surface area contributed by atoms with Crippen molar-refractivity contribution in [2.45, 2.75) is 18.0 Å². The molecule has 0 radical (unpaired) electrons. The van der Waals surface area contributed by atoms with Crippen molar-refractivity contribution < 1.29 is 13.2 Å². The number of rotatable bonds is 7. The molecule has 1 amide bonds. The number of carbonyl (C=O) groups excluding carboxylic acids is 1. The Bertz CT molecular complexity index is 1240. The smallest absolute Gasteiger partial charge is 0.251 e. The number of fused-ring (bicyclic) bond motifs is 1. The molecule has 0 atom stereocenters. The van der Waals surface area contributed by atoms with Gasteiger partial charge in [-0.3, -0.25) is 9.78 Å². The zero-order valence-electron chi connectivity index (χ0n) is 15.9. The van der Waals surface area contributed by atoms with Gasteiger partial charge in [-0.1, -0.05) is 18.2 Å². The van der Waals surface area contributed by atoms with Gasteiger partial charge in [0.15, 0.2) is 0 Å². The van der Waals surface area contributed by atoms with Gasteiger partial charge < -0.3 is 10.3 Å². The summed E-state index contributed by atoms with van der Waals surface area (Å²) in [5.74, 6) is 0.213. The zero-order valence-corrected chi connectivity index (χ0v) is 16.7. The molecule has 3 N–H and O–H groups in total. The number of carbonyl (C=O) groups is 1. The van der Waals surface area contributed by atoms with Crippen LogP contribution in [0.3, 0.4) is 0 Å². The van der Waals surface area contributed by atoms with Crippen LogP contribution in [0, 0.1) is 0 Å². The van der Waals surface area contributed by atoms with Gasteiger partial charge in [-0.15, -0.1) is 0 Å². The van der Waals surface area contributed by atoms with E-state index in [4.69, 9.17) is 0 Å². The predicted octanol–water partition coefficient (Wildman–Crippen LogP) is 2.37. The van der Waals surface area contributed by atoms with E-state index in [1.807, 2.05) is 36.4 Å². The average Bonchev–Trinajstić information content (AvgIpc) is 3.20. The standard InChI is InChI=1S/C21H19N5O3S/c27-21(23-13-16-5-3-4-12-22-16)15-8-10-17(11-9-15)30(28,29)24-14-20-25-18-6-1-2-7-19(18)26-20/h1-12,24H,13-14H2,(H,23,27)(H,25,26). The maximum absolute atomic E-state index is 12.6. The van der Waals surface area contributed by atoms with E-state index in [1.165, 1.54) is 24.3 Å². The van der Waals surface area contributed by atoms with Crippen molar-refractivity contribution in [1.82, 2.24) is 25.0 Å². The van der Waals surface area contributed by atoms with Crippen LogP contribution in [0.5, 0.6) is 0 Å². The molecule has 0 fully saturated rings. The summed E-state index contributed by atoms with van der Waals surface area (Å²) >= 11 is 0. The number of para-hydroxylation sites is 2. The van der Waals surface area contributed by atoms with Gasteiger partial charge in [0.1, 0.15) is 5.82 Å². The van der Waals surface area contributed by atoms with Crippen molar-refractivity contribution >= 4 is 27.0 Å². The van der Waals surface area contributed by atoms with Gasteiger partial charge in [0.25, 0.3) is 5.91 Å². The van der Waals surface area contributed by atoms with Crippen LogP contribution >= 0.6 is 0 Å². The van der Waals surface area contributed by atoms with Gasteiger partial charge in [0.2, 0.25) is 10.0 Å². The summed E-state index contributed by atoms with van der Waals surface area (Å²) in [5.41, 5.74) is 2.71. The second-order valence-corrected chi connectivity index (χ2v) is 8.32. The molecule has 9 heteroatoms. The second-order valence-electron chi connectivity index (χ2n) is 6.55. The maximum atomic E-state index is 12.6. The molecule has 152 valence electrons. The van der Waals surface area contributed by atoms with Gasteiger partial charge in [0.05, 0.1) is 34.7 Å². The highest BCUT2D eigenvalue weighted by Gasteiger charge is 2.16. The van der Waals surface area contributed by atoms with E-state index in [0.717, 1.165) is 16.7 Å². The van der Waals surface area contributed by atoms with Crippen molar-refractivity contribution in [3.63, 3.8) is 0 Å². The van der Waals surface area contributed by atoms with E-state index in [1.54, 1.807) is 12.3 Å². The van der Waals surface area contributed by atoms with Crippen LogP contribution in [0.1, 0.15) is 21.9 Å². The second kappa shape index (κ2) is 8.44. The Morgan fingerprint density at radius 3 is 2.43 bits per heavy atom. The number of pyridine rings is 1. The fraction of sp³-hybridized carbons (Fsp3) is 0.0952. The van der Waals surface area contributed by atoms with E-state index in [2.05, 4.69) is 25.0 Å². The molecule has 4 aromatic rings. The van der Waals surface area contributed by atoms with E-state index < -0.39 is 10.0 Å². The minimum atomic E-state index is -3.75. The quantitative estimate of drug-likeness (QED) is 0.424. The molecule has 0 spiro atoms. The zero-order chi connectivity index (χ0) is 21.0. The van der Waals surface area contributed by atoms with Crippen molar-refractivity contribution in [1.29, 1.82) is 0 Å². The fourth-order valence-corrected chi connectivity index (χ4v) is 3.88. The summed E-state index contributed by atoms with van der Waals surface area (Å²) < 4.78 is 27.6. The third kappa shape index (κ3) is 4.53. The van der Waals surface area contributed by atoms with Crippen LogP contribution in [0.2, 0.25) is 0 Å². The van der Waals surface area contributed by atoms with Crippen LogP contribution in [-0.4, -0.2) is 29.3 Å². The molecule has 0 saturated heterocycles. The largest absolute Gasteiger partial charge is 0.346 e. The summed E-state index contributed by atoms with van der Waals surface area (Å²) in [4.78, 5) is 23.9. The lowest BCUT2D eigenvalue weighted by molar-refractivity contribution is 0.0950. The van der Waals surface area contributed by atoms with Gasteiger partial charge in [0, 0.05) is 11.8 Å². The average molecular weight is 421 g/mol. The minimum absolute atomic E-state index is 0.0311. The van der Waals surface area contributed by atoms with E-state index in [9.17, 15) is 13.2 Å². The Morgan fingerprint density at radius 1 is 0.933 bits per heavy atom. The van der Waals surface area contributed by atoms with E-state index in [-0.39, 0.29) is 17.3 Å². The van der Waals surface area contributed by atoms with Gasteiger partial charge in [-0.05, 0) is 48.5 Å². The lowest BCUT2D eigenvalue weighted by Gasteiger charge is -2.07. The number of sulfonamides is 1. The molecule has 0 unspecified atom stereocenters. The number of aromatic nitrogens is 3. The third-order valence-electron chi connectivity index (χ3n) is 4.45. The monoisotopic (exact) mass is 421 g/mol. The molecule has 8 nitrogen and oxygen atoms in total. The number of H-pyrrole nitrogens is 1. The highest BCUT2D eigenvalue weighted by Crippen LogP contribution is 2.13. The Balaban J connectivity index is 1.38. The Labute approximate surface area is 173 Å². The summed E-state index contributed by atoms with van der Waals surface area (Å²) in [5, 5.41) is 2.75. The molecule has 0 aliphatic rings. The number of benzene rings is 2. The first kappa shape index (κ1) is 19.7. The molecule has 4 rings (SSSR count). The molecule has 2 heterocycles. The fourth-order valence-electron chi connectivity index (χ4n) is 2.90. The van der Waals surface area contributed by atoms with Gasteiger partial charge in [-0.25, -0.2) is 18.1 Å². The molecule has 0 aliphatic carbocycles. The Morgan fingerprint density at radius 2 is 1.70 bits per heavy atom.